The number of hydrogen-bond acceptors (Lipinski definition) is 5. The highest BCUT2D eigenvalue weighted by atomic mass is 35.5. The Balaban J connectivity index is 2.24. The van der Waals surface area contributed by atoms with Gasteiger partial charge in [-0.3, -0.25) is 4.79 Å². The summed E-state index contributed by atoms with van der Waals surface area (Å²) in [6, 6.07) is 4.08. The van der Waals surface area contributed by atoms with Gasteiger partial charge in [0.2, 0.25) is 0 Å². The van der Waals surface area contributed by atoms with E-state index in [4.69, 9.17) is 11.6 Å². The molecule has 1 aromatic heterocycles. The highest BCUT2D eigenvalue weighted by molar-refractivity contribution is 7.90. The average molecular weight is 368 g/mol. The van der Waals surface area contributed by atoms with Crippen LogP contribution in [-0.4, -0.2) is 30.5 Å². The van der Waals surface area contributed by atoms with Gasteiger partial charge in [0, 0.05) is 17.2 Å². The summed E-state index contributed by atoms with van der Waals surface area (Å²) in [5, 5.41) is 2.71. The van der Waals surface area contributed by atoms with Gasteiger partial charge in [0.25, 0.3) is 5.91 Å². The van der Waals surface area contributed by atoms with Gasteiger partial charge in [-0.15, -0.1) is 0 Å². The number of nitrogens with one attached hydrogen (secondary N) is 1. The third kappa shape index (κ3) is 4.30. The fraction of sp³-hybridized carbons (Fsp3) is 0.312. The van der Waals surface area contributed by atoms with E-state index in [1.54, 1.807) is 0 Å². The van der Waals surface area contributed by atoms with E-state index in [1.165, 1.54) is 30.6 Å². The Morgan fingerprint density at radius 2 is 1.75 bits per heavy atom. The summed E-state index contributed by atoms with van der Waals surface area (Å²) < 4.78 is 23.4. The summed E-state index contributed by atoms with van der Waals surface area (Å²) in [7, 11) is -3.52. The molecular weight excluding hydrogens is 350 g/mol. The fourth-order valence-corrected chi connectivity index (χ4v) is 3.21. The molecule has 6 nitrogen and oxygen atoms in total. The van der Waals surface area contributed by atoms with E-state index in [0.29, 0.717) is 11.5 Å². The van der Waals surface area contributed by atoms with Crippen LogP contribution in [0.2, 0.25) is 5.02 Å². The summed E-state index contributed by atoms with van der Waals surface area (Å²) in [4.78, 5) is 20.6. The molecule has 0 saturated carbocycles. The first kappa shape index (κ1) is 18.4. The third-order valence-corrected chi connectivity index (χ3v) is 4.75. The zero-order valence-electron chi connectivity index (χ0n) is 13.8. The second-order valence-corrected chi connectivity index (χ2v) is 8.81. The van der Waals surface area contributed by atoms with Gasteiger partial charge >= 0.3 is 0 Å². The van der Waals surface area contributed by atoms with E-state index >= 15 is 0 Å². The smallest absolute Gasteiger partial charge is 0.255 e. The van der Waals surface area contributed by atoms with Crippen LogP contribution < -0.4 is 5.32 Å². The van der Waals surface area contributed by atoms with Crippen molar-refractivity contribution >= 4 is 33.0 Å². The molecule has 0 fully saturated rings. The number of benzene rings is 1. The molecule has 1 N–H and O–H groups in total. The van der Waals surface area contributed by atoms with Crippen molar-refractivity contribution in [2.24, 2.45) is 0 Å². The predicted octanol–water partition coefficient (Wildman–Crippen LogP) is 3.08. The zero-order chi connectivity index (χ0) is 18.1. The molecule has 0 saturated heterocycles. The minimum atomic E-state index is -3.52. The fourth-order valence-electron chi connectivity index (χ4n) is 1.91. The van der Waals surface area contributed by atoms with E-state index in [9.17, 15) is 13.2 Å². The second kappa shape index (κ2) is 6.49. The van der Waals surface area contributed by atoms with Crippen LogP contribution in [0.3, 0.4) is 0 Å². The molecule has 0 radical (unpaired) electrons. The van der Waals surface area contributed by atoms with Crippen LogP contribution in [0.1, 0.15) is 37.0 Å². The number of carbonyl (C=O) groups excluding carboxylic acids is 1. The molecule has 2 aromatic rings. The van der Waals surface area contributed by atoms with Gasteiger partial charge in [-0.25, -0.2) is 18.4 Å². The highest BCUT2D eigenvalue weighted by Crippen LogP contribution is 2.23. The Kier molecular flexibility index (Phi) is 4.96. The molecular formula is C16H18ClN3O3S. The monoisotopic (exact) mass is 367 g/mol. The summed E-state index contributed by atoms with van der Waals surface area (Å²) in [5.41, 5.74) is 0.409. The molecule has 1 aromatic carbocycles. The van der Waals surface area contributed by atoms with E-state index in [2.05, 4.69) is 15.3 Å². The quantitative estimate of drug-likeness (QED) is 0.900. The molecule has 128 valence electrons. The molecule has 0 atom stereocenters. The maximum atomic E-state index is 12.3. The lowest BCUT2D eigenvalue weighted by atomic mass is 9.96. The molecule has 0 aliphatic carbocycles. The molecule has 0 spiro atoms. The lowest BCUT2D eigenvalue weighted by Gasteiger charge is -2.16. The molecule has 1 heterocycles. The first-order valence-corrected chi connectivity index (χ1v) is 9.39. The van der Waals surface area contributed by atoms with Crippen molar-refractivity contribution in [3.63, 3.8) is 0 Å². The van der Waals surface area contributed by atoms with Crippen LogP contribution in [0.15, 0.2) is 35.5 Å². The number of anilines is 1. The molecule has 1 amide bonds. The number of carbonyl (C=O) groups is 1. The highest BCUT2D eigenvalue weighted by Gasteiger charge is 2.18. The Hall–Kier alpha value is -1.99. The van der Waals surface area contributed by atoms with Crippen molar-refractivity contribution in [3.8, 4) is 0 Å². The van der Waals surface area contributed by atoms with Crippen LogP contribution in [0, 0.1) is 0 Å². The second-order valence-electron chi connectivity index (χ2n) is 6.42. The SMILES string of the molecule is CC(C)(C)c1ncc(NC(=O)c2ccc(Cl)c(S(C)(=O)=O)c2)cn1. The number of sulfone groups is 1. The molecule has 0 aliphatic heterocycles. The number of hydrogen-bond donors (Lipinski definition) is 1. The van der Waals surface area contributed by atoms with Crippen molar-refractivity contribution < 1.29 is 13.2 Å². The minimum Gasteiger partial charge on any atom is -0.319 e. The predicted molar refractivity (Wildman–Crippen MR) is 93.2 cm³/mol. The Morgan fingerprint density at radius 1 is 1.17 bits per heavy atom. The normalized spacial score (nSPS) is 12.0. The molecule has 0 aliphatic rings. The van der Waals surface area contributed by atoms with Crippen LogP contribution in [-0.2, 0) is 15.3 Å². The number of halogens is 1. The zero-order valence-corrected chi connectivity index (χ0v) is 15.4. The molecule has 0 bridgehead atoms. The van der Waals surface area contributed by atoms with Crippen molar-refractivity contribution in [3.05, 3.63) is 47.0 Å². The lowest BCUT2D eigenvalue weighted by Crippen LogP contribution is -2.17. The van der Waals surface area contributed by atoms with E-state index in [1.807, 2.05) is 20.8 Å². The largest absolute Gasteiger partial charge is 0.319 e. The summed E-state index contributed by atoms with van der Waals surface area (Å²) in [6.45, 7) is 5.96. The summed E-state index contributed by atoms with van der Waals surface area (Å²) in [5.74, 6) is 0.190. The Bertz CT molecular complexity index is 872. The minimum absolute atomic E-state index is 0.0758. The van der Waals surface area contributed by atoms with E-state index in [0.717, 1.165) is 6.26 Å². The van der Waals surface area contributed by atoms with Crippen molar-refractivity contribution in [1.82, 2.24) is 9.97 Å². The van der Waals surface area contributed by atoms with Crippen molar-refractivity contribution in [2.75, 3.05) is 11.6 Å². The van der Waals surface area contributed by atoms with Crippen LogP contribution >= 0.6 is 11.6 Å². The molecule has 8 heteroatoms. The van der Waals surface area contributed by atoms with Gasteiger partial charge in [-0.05, 0) is 18.2 Å². The first-order valence-electron chi connectivity index (χ1n) is 7.12. The van der Waals surface area contributed by atoms with Crippen molar-refractivity contribution in [2.45, 2.75) is 31.1 Å². The van der Waals surface area contributed by atoms with E-state index in [-0.39, 0.29) is 20.9 Å². The number of nitrogens with zero attached hydrogens (tertiary/aromatic N) is 2. The van der Waals surface area contributed by atoms with Gasteiger partial charge in [0.05, 0.1) is 28.0 Å². The van der Waals surface area contributed by atoms with Gasteiger partial charge in [0.15, 0.2) is 9.84 Å². The van der Waals surface area contributed by atoms with Crippen molar-refractivity contribution in [1.29, 1.82) is 0 Å². The average Bonchev–Trinajstić information content (AvgIpc) is 2.46. The Labute approximate surface area is 146 Å². The third-order valence-electron chi connectivity index (χ3n) is 3.17. The number of rotatable bonds is 3. The molecule has 24 heavy (non-hydrogen) atoms. The van der Waals surface area contributed by atoms with Gasteiger partial charge in [0.1, 0.15) is 5.82 Å². The van der Waals surface area contributed by atoms with Crippen LogP contribution in [0.5, 0.6) is 0 Å². The van der Waals surface area contributed by atoms with Gasteiger partial charge in [-0.1, -0.05) is 32.4 Å². The summed E-state index contributed by atoms with van der Waals surface area (Å²) >= 11 is 5.87. The van der Waals surface area contributed by atoms with E-state index < -0.39 is 15.7 Å². The standard InChI is InChI=1S/C16H18ClN3O3S/c1-16(2,3)15-18-8-11(9-19-15)20-14(21)10-5-6-12(17)13(7-10)24(4,22)23/h5-9H,1-4H3,(H,20,21). The molecule has 2 rings (SSSR count). The Morgan fingerprint density at radius 3 is 2.25 bits per heavy atom. The van der Waals surface area contributed by atoms with Crippen LogP contribution in [0.25, 0.3) is 0 Å². The number of amides is 1. The lowest BCUT2D eigenvalue weighted by molar-refractivity contribution is 0.102. The van der Waals surface area contributed by atoms with Gasteiger partial charge < -0.3 is 5.32 Å². The molecule has 0 unspecified atom stereocenters. The first-order chi connectivity index (χ1) is 11.0. The topological polar surface area (TPSA) is 89.0 Å². The van der Waals surface area contributed by atoms with Crippen LogP contribution in [0.4, 0.5) is 5.69 Å². The maximum absolute atomic E-state index is 12.3. The summed E-state index contributed by atoms with van der Waals surface area (Å²) in [6.07, 6.45) is 4.06. The number of aromatic nitrogens is 2. The van der Waals surface area contributed by atoms with Gasteiger partial charge in [-0.2, -0.15) is 0 Å². The maximum Gasteiger partial charge on any atom is 0.255 e.